The number of carbonyl (C=O) groups is 4. The Kier molecular flexibility index (Phi) is 9.32. The molecule has 0 aromatic rings. The number of aliphatic carboxylic acids is 1. The van der Waals surface area contributed by atoms with Gasteiger partial charge in [0.1, 0.15) is 5.60 Å². The predicted octanol–water partition coefficient (Wildman–Crippen LogP) is 2.03. The third kappa shape index (κ3) is 9.00. The lowest BCUT2D eigenvalue weighted by Gasteiger charge is -2.22. The first-order chi connectivity index (χ1) is 11.9. The second-order valence-corrected chi connectivity index (χ2v) is 6.46. The van der Waals surface area contributed by atoms with Crippen LogP contribution in [0.5, 0.6) is 0 Å². The maximum absolute atomic E-state index is 12.2. The van der Waals surface area contributed by atoms with Crippen LogP contribution in [0.4, 0.5) is 0 Å². The van der Waals surface area contributed by atoms with Crippen LogP contribution < -0.4 is 0 Å². The average Bonchev–Trinajstić information content (AvgIpc) is 2.50. The number of rotatable bonds is 9. The number of ether oxygens (including phenoxy) is 3. The van der Waals surface area contributed by atoms with Crippen LogP contribution in [0.15, 0.2) is 23.8 Å². The highest BCUT2D eigenvalue weighted by Gasteiger charge is 2.29. The fourth-order valence-corrected chi connectivity index (χ4v) is 1.98. The summed E-state index contributed by atoms with van der Waals surface area (Å²) in [6, 6.07) is 0. The lowest BCUT2D eigenvalue weighted by molar-refractivity contribution is -0.151. The van der Waals surface area contributed by atoms with Crippen molar-refractivity contribution < 1.29 is 38.5 Å². The van der Waals surface area contributed by atoms with E-state index in [-0.39, 0.29) is 30.6 Å². The van der Waals surface area contributed by atoms with Gasteiger partial charge in [-0.3, -0.25) is 4.79 Å². The molecular formula is C18H26O8. The van der Waals surface area contributed by atoms with Gasteiger partial charge in [0.05, 0.1) is 19.6 Å². The van der Waals surface area contributed by atoms with E-state index in [2.05, 4.69) is 11.3 Å². The monoisotopic (exact) mass is 370 g/mol. The minimum atomic E-state index is -1.36. The van der Waals surface area contributed by atoms with E-state index in [0.717, 1.165) is 7.11 Å². The van der Waals surface area contributed by atoms with E-state index in [9.17, 15) is 19.2 Å². The topological polar surface area (TPSA) is 116 Å². The van der Waals surface area contributed by atoms with Crippen molar-refractivity contribution in [1.29, 1.82) is 0 Å². The third-order valence-electron chi connectivity index (χ3n) is 3.02. The number of hydrogen-bond donors (Lipinski definition) is 1. The van der Waals surface area contributed by atoms with Gasteiger partial charge in [-0.25, -0.2) is 14.4 Å². The average molecular weight is 370 g/mol. The fourth-order valence-electron chi connectivity index (χ4n) is 1.98. The van der Waals surface area contributed by atoms with E-state index in [1.807, 2.05) is 0 Å². The molecule has 0 spiro atoms. The summed E-state index contributed by atoms with van der Waals surface area (Å²) in [6.07, 6.45) is 0.245. The molecule has 26 heavy (non-hydrogen) atoms. The van der Waals surface area contributed by atoms with Gasteiger partial charge in [-0.1, -0.05) is 6.58 Å². The first-order valence-electron chi connectivity index (χ1n) is 8.00. The molecule has 0 amide bonds. The Bertz CT molecular complexity index is 595. The molecule has 0 fully saturated rings. The van der Waals surface area contributed by atoms with Crippen molar-refractivity contribution in [3.63, 3.8) is 0 Å². The molecule has 0 aromatic carbocycles. The van der Waals surface area contributed by atoms with Gasteiger partial charge in [0.15, 0.2) is 0 Å². The number of carboxylic acid groups (broad SMARTS) is 1. The van der Waals surface area contributed by atoms with Crippen LogP contribution in [0, 0.1) is 5.92 Å². The largest absolute Gasteiger partial charge is 0.478 e. The molecule has 0 aliphatic carbocycles. The zero-order valence-corrected chi connectivity index (χ0v) is 15.8. The van der Waals surface area contributed by atoms with Gasteiger partial charge < -0.3 is 19.3 Å². The summed E-state index contributed by atoms with van der Waals surface area (Å²) in [7, 11) is 1.15. The van der Waals surface area contributed by atoms with Crippen LogP contribution in [0.1, 0.15) is 40.5 Å². The highest BCUT2D eigenvalue weighted by atomic mass is 16.6. The van der Waals surface area contributed by atoms with Crippen LogP contribution in [-0.4, -0.2) is 48.3 Å². The standard InChI is InChI=1S/C18H26O8/c1-7-25-15(21)11(2)8-12(16(22)24-6)9-13(10-14(19)20)17(23)26-18(3,4)5/h10,12H,2,7-9H2,1,3-6H3,(H,19,20)/b13-10-. The highest BCUT2D eigenvalue weighted by molar-refractivity contribution is 5.96. The molecule has 0 rings (SSSR count). The summed E-state index contributed by atoms with van der Waals surface area (Å²) in [4.78, 5) is 47.0. The van der Waals surface area contributed by atoms with Crippen molar-refractivity contribution in [2.45, 2.75) is 46.1 Å². The van der Waals surface area contributed by atoms with Crippen molar-refractivity contribution in [2.24, 2.45) is 5.92 Å². The van der Waals surface area contributed by atoms with Gasteiger partial charge in [-0.15, -0.1) is 0 Å². The maximum atomic E-state index is 12.2. The number of carboxylic acids is 1. The Hall–Kier alpha value is -2.64. The van der Waals surface area contributed by atoms with Gasteiger partial charge in [0.25, 0.3) is 0 Å². The SMILES string of the molecule is C=C(CC(C/C(=C/C(=O)O)C(=O)OC(C)(C)C)C(=O)OC)C(=O)OCC. The van der Waals surface area contributed by atoms with Gasteiger partial charge in [0.2, 0.25) is 0 Å². The number of hydrogen-bond acceptors (Lipinski definition) is 7. The lowest BCUT2D eigenvalue weighted by atomic mass is 9.92. The van der Waals surface area contributed by atoms with E-state index >= 15 is 0 Å². The lowest BCUT2D eigenvalue weighted by Crippen LogP contribution is -2.27. The van der Waals surface area contributed by atoms with Crippen LogP contribution in [0.25, 0.3) is 0 Å². The molecule has 146 valence electrons. The molecule has 1 atom stereocenters. The van der Waals surface area contributed by atoms with Crippen molar-refractivity contribution >= 4 is 23.9 Å². The van der Waals surface area contributed by atoms with E-state index in [1.165, 1.54) is 0 Å². The Balaban J connectivity index is 5.49. The molecule has 0 bridgehead atoms. The number of esters is 3. The Labute approximate surface area is 152 Å². The van der Waals surface area contributed by atoms with Crippen molar-refractivity contribution in [1.82, 2.24) is 0 Å². The summed E-state index contributed by atoms with van der Waals surface area (Å²) < 4.78 is 14.7. The molecule has 0 radical (unpaired) electrons. The molecule has 8 nitrogen and oxygen atoms in total. The molecule has 1 unspecified atom stereocenters. The second-order valence-electron chi connectivity index (χ2n) is 6.46. The minimum Gasteiger partial charge on any atom is -0.478 e. The highest BCUT2D eigenvalue weighted by Crippen LogP contribution is 2.24. The minimum absolute atomic E-state index is 0.0149. The maximum Gasteiger partial charge on any atom is 0.334 e. The Morgan fingerprint density at radius 1 is 1.12 bits per heavy atom. The normalized spacial score (nSPS) is 12.7. The van der Waals surface area contributed by atoms with E-state index in [0.29, 0.717) is 6.08 Å². The van der Waals surface area contributed by atoms with E-state index < -0.39 is 35.4 Å². The molecule has 0 aliphatic rings. The zero-order chi connectivity index (χ0) is 20.5. The van der Waals surface area contributed by atoms with Crippen LogP contribution >= 0.6 is 0 Å². The van der Waals surface area contributed by atoms with Crippen molar-refractivity contribution in [3.05, 3.63) is 23.8 Å². The fraction of sp³-hybridized carbons (Fsp3) is 0.556. The Morgan fingerprint density at radius 2 is 1.69 bits per heavy atom. The second kappa shape index (κ2) is 10.4. The van der Waals surface area contributed by atoms with Gasteiger partial charge >= 0.3 is 23.9 Å². The third-order valence-corrected chi connectivity index (χ3v) is 3.02. The number of methoxy groups -OCH3 is 1. The smallest absolute Gasteiger partial charge is 0.334 e. The first kappa shape index (κ1) is 23.4. The van der Waals surface area contributed by atoms with E-state index in [1.54, 1.807) is 27.7 Å². The molecule has 1 N–H and O–H groups in total. The Morgan fingerprint density at radius 3 is 2.12 bits per heavy atom. The summed E-state index contributed by atoms with van der Waals surface area (Å²) >= 11 is 0. The summed E-state index contributed by atoms with van der Waals surface area (Å²) in [5, 5.41) is 8.99. The summed E-state index contributed by atoms with van der Waals surface area (Å²) in [5.41, 5.74) is -1.05. The quantitative estimate of drug-likeness (QED) is 0.372. The zero-order valence-electron chi connectivity index (χ0n) is 15.8. The molecule has 0 saturated carbocycles. The summed E-state index contributed by atoms with van der Waals surface area (Å²) in [6.45, 7) is 10.2. The van der Waals surface area contributed by atoms with Gasteiger partial charge in [0, 0.05) is 17.2 Å². The van der Waals surface area contributed by atoms with Crippen LogP contribution in [0.3, 0.4) is 0 Å². The molecule has 8 heteroatoms. The molecule has 0 aliphatic heterocycles. The van der Waals surface area contributed by atoms with E-state index in [4.69, 9.17) is 14.6 Å². The van der Waals surface area contributed by atoms with Gasteiger partial charge in [-0.05, 0) is 40.5 Å². The van der Waals surface area contributed by atoms with Crippen molar-refractivity contribution in [3.8, 4) is 0 Å². The van der Waals surface area contributed by atoms with Crippen LogP contribution in [0.2, 0.25) is 0 Å². The van der Waals surface area contributed by atoms with Crippen LogP contribution in [-0.2, 0) is 33.4 Å². The number of carbonyl (C=O) groups excluding carboxylic acids is 3. The first-order valence-corrected chi connectivity index (χ1v) is 8.00. The predicted molar refractivity (Wildman–Crippen MR) is 92.1 cm³/mol. The molecule has 0 aromatic heterocycles. The van der Waals surface area contributed by atoms with Crippen molar-refractivity contribution in [2.75, 3.05) is 13.7 Å². The molecule has 0 heterocycles. The molecular weight excluding hydrogens is 344 g/mol. The van der Waals surface area contributed by atoms with Gasteiger partial charge in [-0.2, -0.15) is 0 Å². The molecule has 0 saturated heterocycles. The summed E-state index contributed by atoms with van der Waals surface area (Å²) in [5.74, 6) is -4.61.